The number of nitrogens with zero attached hydrogens (tertiary/aromatic N) is 5. The summed E-state index contributed by atoms with van der Waals surface area (Å²) < 4.78 is 0. The van der Waals surface area contributed by atoms with E-state index in [1.165, 1.54) is 24.1 Å². The van der Waals surface area contributed by atoms with Crippen molar-refractivity contribution in [3.05, 3.63) is 11.3 Å². The van der Waals surface area contributed by atoms with Crippen LogP contribution in [0, 0.1) is 11.8 Å². The highest BCUT2D eigenvalue weighted by molar-refractivity contribution is 5.54. The van der Waals surface area contributed by atoms with E-state index in [-0.39, 0.29) is 6.61 Å². The molecule has 0 saturated carbocycles. The molecule has 1 aromatic heterocycles. The molecule has 1 N–H and O–H groups in total. The second-order valence-corrected chi connectivity index (χ2v) is 8.19. The van der Waals surface area contributed by atoms with Gasteiger partial charge in [-0.2, -0.15) is 4.98 Å². The second kappa shape index (κ2) is 7.87. The quantitative estimate of drug-likeness (QED) is 0.869. The Bertz CT molecular complexity index is 589. The van der Waals surface area contributed by atoms with Gasteiger partial charge in [0.25, 0.3) is 0 Å². The van der Waals surface area contributed by atoms with Crippen LogP contribution in [0.15, 0.2) is 0 Å². The van der Waals surface area contributed by atoms with Gasteiger partial charge >= 0.3 is 0 Å². The van der Waals surface area contributed by atoms with Gasteiger partial charge in [0.1, 0.15) is 5.82 Å². The van der Waals surface area contributed by atoms with E-state index in [1.807, 2.05) is 19.0 Å². The van der Waals surface area contributed by atoms with Gasteiger partial charge in [-0.1, -0.05) is 0 Å². The molecule has 140 valence electrons. The summed E-state index contributed by atoms with van der Waals surface area (Å²) in [6, 6.07) is 0. The molecule has 0 unspecified atom stereocenters. The predicted molar refractivity (Wildman–Crippen MR) is 102 cm³/mol. The van der Waals surface area contributed by atoms with Crippen LogP contribution >= 0.6 is 0 Å². The Hall–Kier alpha value is -1.40. The molecule has 1 aliphatic heterocycles. The third kappa shape index (κ3) is 4.23. The zero-order valence-corrected chi connectivity index (χ0v) is 16.2. The number of aliphatic hydroxyl groups is 1. The average Bonchev–Trinajstić information content (AvgIpc) is 2.59. The van der Waals surface area contributed by atoms with Crippen LogP contribution < -0.4 is 9.80 Å². The number of fused-ring (bicyclic) bond motifs is 1. The Morgan fingerprint density at radius 3 is 2.44 bits per heavy atom. The van der Waals surface area contributed by atoms with Crippen LogP contribution in [0.4, 0.5) is 11.8 Å². The van der Waals surface area contributed by atoms with Crippen LogP contribution in [-0.4, -0.2) is 74.4 Å². The van der Waals surface area contributed by atoms with Crippen LogP contribution in [0.5, 0.6) is 0 Å². The van der Waals surface area contributed by atoms with Crippen molar-refractivity contribution in [1.29, 1.82) is 0 Å². The van der Waals surface area contributed by atoms with E-state index in [2.05, 4.69) is 23.9 Å². The Balaban J connectivity index is 1.94. The molecule has 3 rings (SSSR count). The SMILES string of the molecule is CN(C)C[C@H]1C[C@H](CO)CN(c2nc(N(C)C)nc3c2CCCC3)C1. The predicted octanol–water partition coefficient (Wildman–Crippen LogP) is 1.42. The summed E-state index contributed by atoms with van der Waals surface area (Å²) >= 11 is 0. The topological polar surface area (TPSA) is 55.7 Å². The Morgan fingerprint density at radius 1 is 1.04 bits per heavy atom. The minimum Gasteiger partial charge on any atom is -0.396 e. The molecule has 2 aliphatic rings. The first-order chi connectivity index (χ1) is 12.0. The summed E-state index contributed by atoms with van der Waals surface area (Å²) in [6.45, 7) is 3.23. The lowest BCUT2D eigenvalue weighted by Gasteiger charge is -2.40. The molecule has 2 heterocycles. The van der Waals surface area contributed by atoms with Gasteiger partial charge in [-0.05, 0) is 58.0 Å². The minimum atomic E-state index is 0.258. The summed E-state index contributed by atoms with van der Waals surface area (Å²) in [4.78, 5) is 16.4. The highest BCUT2D eigenvalue weighted by Gasteiger charge is 2.31. The number of piperidine rings is 1. The standard InChI is InChI=1S/C19H33N5O/c1-22(2)10-14-9-15(13-25)12-24(11-14)18-16-7-5-6-8-17(16)20-19(21-18)23(3)4/h14-15,25H,5-13H2,1-4H3/t14-,15+/m1/s1. The molecular weight excluding hydrogens is 314 g/mol. The van der Waals surface area contributed by atoms with E-state index in [1.54, 1.807) is 0 Å². The van der Waals surface area contributed by atoms with Gasteiger partial charge in [-0.25, -0.2) is 4.98 Å². The molecule has 0 bridgehead atoms. The lowest BCUT2D eigenvalue weighted by atomic mass is 9.88. The van der Waals surface area contributed by atoms with Gasteiger partial charge in [0.05, 0.1) is 5.69 Å². The smallest absolute Gasteiger partial charge is 0.227 e. The first-order valence-electron chi connectivity index (χ1n) is 9.55. The van der Waals surface area contributed by atoms with Crippen molar-refractivity contribution in [2.45, 2.75) is 32.1 Å². The van der Waals surface area contributed by atoms with E-state index >= 15 is 0 Å². The first-order valence-corrected chi connectivity index (χ1v) is 9.55. The maximum atomic E-state index is 9.81. The van der Waals surface area contributed by atoms with Crippen molar-refractivity contribution in [2.75, 3.05) is 64.2 Å². The van der Waals surface area contributed by atoms with E-state index in [9.17, 15) is 5.11 Å². The van der Waals surface area contributed by atoms with Crippen LogP contribution in [0.2, 0.25) is 0 Å². The van der Waals surface area contributed by atoms with E-state index in [0.29, 0.717) is 11.8 Å². The number of aryl methyl sites for hydroxylation is 1. The molecule has 1 saturated heterocycles. The van der Waals surface area contributed by atoms with Gasteiger partial charge in [-0.3, -0.25) is 0 Å². The molecule has 2 atom stereocenters. The fraction of sp³-hybridized carbons (Fsp3) is 0.789. The van der Waals surface area contributed by atoms with Crippen molar-refractivity contribution in [1.82, 2.24) is 14.9 Å². The van der Waals surface area contributed by atoms with Gasteiger partial charge in [-0.15, -0.1) is 0 Å². The van der Waals surface area contributed by atoms with Crippen LogP contribution in [0.25, 0.3) is 0 Å². The third-order valence-electron chi connectivity index (χ3n) is 5.35. The number of aromatic nitrogens is 2. The number of hydrogen-bond donors (Lipinski definition) is 1. The first kappa shape index (κ1) is 18.4. The zero-order valence-electron chi connectivity index (χ0n) is 16.2. The molecule has 0 radical (unpaired) electrons. The molecule has 1 aromatic rings. The Morgan fingerprint density at radius 2 is 1.76 bits per heavy atom. The summed E-state index contributed by atoms with van der Waals surface area (Å²) in [5, 5.41) is 9.81. The van der Waals surface area contributed by atoms with Crippen LogP contribution in [-0.2, 0) is 12.8 Å². The molecule has 1 fully saturated rings. The highest BCUT2D eigenvalue weighted by Crippen LogP contribution is 2.33. The van der Waals surface area contributed by atoms with Crippen molar-refractivity contribution in [2.24, 2.45) is 11.8 Å². The number of rotatable bonds is 5. The van der Waals surface area contributed by atoms with Crippen molar-refractivity contribution in [3.8, 4) is 0 Å². The Labute approximate surface area is 151 Å². The van der Waals surface area contributed by atoms with E-state index in [4.69, 9.17) is 9.97 Å². The monoisotopic (exact) mass is 347 g/mol. The van der Waals surface area contributed by atoms with Gasteiger partial charge < -0.3 is 19.8 Å². The van der Waals surface area contributed by atoms with E-state index in [0.717, 1.165) is 50.7 Å². The average molecular weight is 348 g/mol. The van der Waals surface area contributed by atoms with Crippen LogP contribution in [0.3, 0.4) is 0 Å². The van der Waals surface area contributed by atoms with Gasteiger partial charge in [0, 0.05) is 45.9 Å². The minimum absolute atomic E-state index is 0.258. The molecule has 0 amide bonds. The van der Waals surface area contributed by atoms with E-state index < -0.39 is 0 Å². The second-order valence-electron chi connectivity index (χ2n) is 8.19. The molecule has 0 spiro atoms. The lowest BCUT2D eigenvalue weighted by molar-refractivity contribution is 0.170. The zero-order chi connectivity index (χ0) is 18.0. The summed E-state index contributed by atoms with van der Waals surface area (Å²) in [6.07, 6.45) is 5.68. The Kier molecular flexibility index (Phi) is 5.79. The molecule has 6 nitrogen and oxygen atoms in total. The fourth-order valence-corrected chi connectivity index (χ4v) is 4.30. The summed E-state index contributed by atoms with van der Waals surface area (Å²) in [5.41, 5.74) is 2.58. The number of aliphatic hydroxyl groups excluding tert-OH is 1. The molecule has 6 heteroatoms. The fourth-order valence-electron chi connectivity index (χ4n) is 4.30. The molecule has 0 aromatic carbocycles. The maximum Gasteiger partial charge on any atom is 0.227 e. The maximum absolute atomic E-state index is 9.81. The molecule has 25 heavy (non-hydrogen) atoms. The largest absolute Gasteiger partial charge is 0.396 e. The molecule has 1 aliphatic carbocycles. The number of anilines is 2. The van der Waals surface area contributed by atoms with Gasteiger partial charge in [0.15, 0.2) is 0 Å². The summed E-state index contributed by atoms with van der Waals surface area (Å²) in [7, 11) is 8.28. The summed E-state index contributed by atoms with van der Waals surface area (Å²) in [5.74, 6) is 2.83. The number of hydrogen-bond acceptors (Lipinski definition) is 6. The normalized spacial score (nSPS) is 23.7. The van der Waals surface area contributed by atoms with Gasteiger partial charge in [0.2, 0.25) is 5.95 Å². The van der Waals surface area contributed by atoms with Crippen LogP contribution in [0.1, 0.15) is 30.5 Å². The highest BCUT2D eigenvalue weighted by atomic mass is 16.3. The van der Waals surface area contributed by atoms with Crippen molar-refractivity contribution in [3.63, 3.8) is 0 Å². The third-order valence-corrected chi connectivity index (χ3v) is 5.35. The lowest BCUT2D eigenvalue weighted by Crippen LogP contribution is -2.45. The molecular formula is C19H33N5O. The van der Waals surface area contributed by atoms with Crippen molar-refractivity contribution >= 4 is 11.8 Å². The van der Waals surface area contributed by atoms with Crippen molar-refractivity contribution < 1.29 is 5.11 Å².